The Bertz CT molecular complexity index is 977. The third kappa shape index (κ3) is 4.77. The molecule has 0 radical (unpaired) electrons. The summed E-state index contributed by atoms with van der Waals surface area (Å²) in [6.07, 6.45) is 0.866. The highest BCUT2D eigenvalue weighted by molar-refractivity contribution is 6.05. The minimum absolute atomic E-state index is 0.0580. The van der Waals surface area contributed by atoms with Crippen molar-refractivity contribution in [2.75, 3.05) is 25.5 Å². The molecule has 1 aliphatic rings. The Morgan fingerprint density at radius 2 is 1.90 bits per heavy atom. The fourth-order valence-electron chi connectivity index (χ4n) is 3.48. The molecule has 2 aromatic rings. The number of rotatable bonds is 4. The van der Waals surface area contributed by atoms with Gasteiger partial charge in [0.15, 0.2) is 0 Å². The summed E-state index contributed by atoms with van der Waals surface area (Å²) in [4.78, 5) is 14.5. The average Bonchev–Trinajstić information content (AvgIpc) is 2.68. The van der Waals surface area contributed by atoms with Crippen LogP contribution in [0, 0.1) is 12.7 Å². The van der Waals surface area contributed by atoms with E-state index in [0.29, 0.717) is 23.8 Å². The van der Waals surface area contributed by atoms with Crippen LogP contribution in [-0.4, -0.2) is 42.0 Å². The number of guanidine groups is 1. The first-order valence-corrected chi connectivity index (χ1v) is 9.69. The fourth-order valence-corrected chi connectivity index (χ4v) is 3.48. The number of halogens is 1. The van der Waals surface area contributed by atoms with E-state index in [1.54, 1.807) is 26.1 Å². The molecule has 0 fully saturated rings. The van der Waals surface area contributed by atoms with Crippen LogP contribution in [0.15, 0.2) is 53.1 Å². The number of nitrogens with two attached hydrogens (primary N) is 2. The Kier molecular flexibility index (Phi) is 6.37. The first-order chi connectivity index (χ1) is 14.3. The molecule has 5 N–H and O–H groups in total. The van der Waals surface area contributed by atoms with Gasteiger partial charge in [0, 0.05) is 25.8 Å². The van der Waals surface area contributed by atoms with Gasteiger partial charge in [-0.15, -0.1) is 5.10 Å². The monoisotopic (exact) mass is 410 g/mol. The van der Waals surface area contributed by atoms with Crippen LogP contribution in [0.3, 0.4) is 0 Å². The molecule has 0 aromatic heterocycles. The van der Waals surface area contributed by atoms with E-state index in [-0.39, 0.29) is 5.56 Å². The minimum atomic E-state index is -0.533. The van der Waals surface area contributed by atoms with Crippen LogP contribution >= 0.6 is 0 Å². The summed E-state index contributed by atoms with van der Waals surface area (Å²) in [5.41, 5.74) is 10.8. The van der Waals surface area contributed by atoms with E-state index >= 15 is 0 Å². The van der Waals surface area contributed by atoms with E-state index in [1.165, 1.54) is 16.8 Å². The quantitative estimate of drug-likeness (QED) is 0.311. The predicted octanol–water partition coefficient (Wildman–Crippen LogP) is 2.90. The van der Waals surface area contributed by atoms with Crippen LogP contribution in [0.4, 0.5) is 10.1 Å². The third-order valence-corrected chi connectivity index (χ3v) is 5.15. The van der Waals surface area contributed by atoms with E-state index in [9.17, 15) is 9.18 Å². The van der Waals surface area contributed by atoms with Gasteiger partial charge in [-0.25, -0.2) is 15.4 Å². The maximum Gasteiger partial charge on any atom is 0.258 e. The lowest BCUT2D eigenvalue weighted by molar-refractivity contribution is 0.102. The summed E-state index contributed by atoms with van der Waals surface area (Å²) < 4.78 is 14.0. The highest BCUT2D eigenvalue weighted by Gasteiger charge is 2.20. The summed E-state index contributed by atoms with van der Waals surface area (Å²) in [6.45, 7) is 5.21. The van der Waals surface area contributed by atoms with Gasteiger partial charge < -0.3 is 16.0 Å². The van der Waals surface area contributed by atoms with Crippen molar-refractivity contribution in [2.24, 2.45) is 16.7 Å². The molecule has 0 unspecified atom stereocenters. The van der Waals surface area contributed by atoms with Crippen molar-refractivity contribution in [3.05, 3.63) is 70.5 Å². The Morgan fingerprint density at radius 3 is 2.53 bits per heavy atom. The van der Waals surface area contributed by atoms with Crippen molar-refractivity contribution in [3.8, 4) is 0 Å². The molecule has 7 nitrogen and oxygen atoms in total. The Balaban J connectivity index is 1.76. The standard InChI is InChI=1S/C22H27FN6O/c1-14-11-12-29(22(24)27-28(3)25)13-18(14)16-7-9-17(10-8-16)26-21(30)20-15(2)5-4-6-19(20)23/h4-10H,11-13,25H2,1-3H3,(H2,24,27)(H,26,30). The molecule has 30 heavy (non-hydrogen) atoms. The number of aryl methyl sites for hydroxylation is 1. The summed E-state index contributed by atoms with van der Waals surface area (Å²) >= 11 is 0. The first-order valence-electron chi connectivity index (χ1n) is 9.69. The SMILES string of the molecule is CC1=C(c2ccc(NC(=O)c3c(C)cccc3F)cc2)CN(/C(N)=N/N(C)N)CC1. The molecule has 0 saturated heterocycles. The molecule has 2 aromatic carbocycles. The normalized spacial score (nSPS) is 14.7. The minimum Gasteiger partial charge on any atom is -0.368 e. The van der Waals surface area contributed by atoms with E-state index in [1.807, 2.05) is 29.2 Å². The molecule has 0 aliphatic carbocycles. The maximum absolute atomic E-state index is 14.0. The topological polar surface area (TPSA) is 100.0 Å². The zero-order chi connectivity index (χ0) is 21.8. The lowest BCUT2D eigenvalue weighted by Gasteiger charge is -2.31. The van der Waals surface area contributed by atoms with Crippen molar-refractivity contribution in [2.45, 2.75) is 20.3 Å². The van der Waals surface area contributed by atoms with Gasteiger partial charge in [0.1, 0.15) is 5.82 Å². The van der Waals surface area contributed by atoms with Crippen LogP contribution in [0.1, 0.15) is 34.8 Å². The molecule has 158 valence electrons. The highest BCUT2D eigenvalue weighted by Crippen LogP contribution is 2.27. The molecule has 0 spiro atoms. The van der Waals surface area contributed by atoms with Crippen LogP contribution in [0.5, 0.6) is 0 Å². The molecule has 8 heteroatoms. The van der Waals surface area contributed by atoms with Crippen molar-refractivity contribution >= 4 is 23.1 Å². The molecule has 1 heterocycles. The molecular weight excluding hydrogens is 383 g/mol. The van der Waals surface area contributed by atoms with Crippen LogP contribution in [-0.2, 0) is 0 Å². The Labute approximate surface area is 175 Å². The lowest BCUT2D eigenvalue weighted by atomic mass is 9.95. The van der Waals surface area contributed by atoms with Crippen molar-refractivity contribution in [1.29, 1.82) is 0 Å². The van der Waals surface area contributed by atoms with Crippen LogP contribution in [0.2, 0.25) is 0 Å². The smallest absolute Gasteiger partial charge is 0.258 e. The molecule has 1 amide bonds. The zero-order valence-corrected chi connectivity index (χ0v) is 17.4. The second kappa shape index (κ2) is 8.96. The second-order valence-corrected chi connectivity index (χ2v) is 7.43. The summed E-state index contributed by atoms with van der Waals surface area (Å²) in [5, 5.41) is 8.03. The molecule has 3 rings (SSSR count). The van der Waals surface area contributed by atoms with E-state index in [4.69, 9.17) is 11.6 Å². The average molecular weight is 410 g/mol. The Hall–Kier alpha value is -3.39. The number of carbonyl (C=O) groups is 1. The predicted molar refractivity (Wildman–Crippen MR) is 118 cm³/mol. The number of hydrogen-bond donors (Lipinski definition) is 3. The van der Waals surface area contributed by atoms with Gasteiger partial charge in [-0.1, -0.05) is 29.8 Å². The first kappa shape index (κ1) is 21.3. The number of nitrogens with one attached hydrogen (secondary N) is 1. The number of carbonyl (C=O) groups excluding carboxylic acids is 1. The lowest BCUT2D eigenvalue weighted by Crippen LogP contribution is -2.43. The molecule has 1 aliphatic heterocycles. The molecular formula is C22H27FN6O. The number of amides is 1. The van der Waals surface area contributed by atoms with E-state index in [2.05, 4.69) is 17.3 Å². The van der Waals surface area contributed by atoms with E-state index < -0.39 is 11.7 Å². The summed E-state index contributed by atoms with van der Waals surface area (Å²) in [6, 6.07) is 12.1. The van der Waals surface area contributed by atoms with Gasteiger partial charge >= 0.3 is 0 Å². The molecule has 0 bridgehead atoms. The van der Waals surface area contributed by atoms with Crippen LogP contribution in [0.25, 0.3) is 5.57 Å². The van der Waals surface area contributed by atoms with Gasteiger partial charge in [-0.05, 0) is 55.2 Å². The fraction of sp³-hybridized carbons (Fsp3) is 0.273. The van der Waals surface area contributed by atoms with Gasteiger partial charge in [0.05, 0.1) is 5.56 Å². The van der Waals surface area contributed by atoms with Gasteiger partial charge in [-0.3, -0.25) is 4.79 Å². The zero-order valence-electron chi connectivity index (χ0n) is 17.4. The number of hydrazone groups is 1. The van der Waals surface area contributed by atoms with Gasteiger partial charge in [0.2, 0.25) is 5.96 Å². The third-order valence-electron chi connectivity index (χ3n) is 5.15. The highest BCUT2D eigenvalue weighted by atomic mass is 19.1. The summed E-state index contributed by atoms with van der Waals surface area (Å²) in [7, 11) is 1.62. The van der Waals surface area contributed by atoms with Crippen LogP contribution < -0.4 is 16.9 Å². The van der Waals surface area contributed by atoms with Crippen molar-refractivity contribution in [3.63, 3.8) is 0 Å². The van der Waals surface area contributed by atoms with Gasteiger partial charge in [0.25, 0.3) is 5.91 Å². The number of benzene rings is 2. The number of hydrogen-bond acceptors (Lipinski definition) is 4. The van der Waals surface area contributed by atoms with Crippen molar-refractivity contribution < 1.29 is 9.18 Å². The summed E-state index contributed by atoms with van der Waals surface area (Å²) in [5.74, 6) is 4.93. The number of nitrogens with zero attached hydrogens (tertiary/aromatic N) is 3. The maximum atomic E-state index is 14.0. The largest absolute Gasteiger partial charge is 0.368 e. The number of anilines is 1. The number of hydrazine groups is 1. The van der Waals surface area contributed by atoms with E-state index in [0.717, 1.165) is 24.1 Å². The van der Waals surface area contributed by atoms with Gasteiger partial charge in [-0.2, -0.15) is 0 Å². The van der Waals surface area contributed by atoms with Crippen molar-refractivity contribution in [1.82, 2.24) is 10.0 Å². The molecule has 0 saturated carbocycles. The molecule has 0 atom stereocenters. The Morgan fingerprint density at radius 1 is 1.20 bits per heavy atom. The second-order valence-electron chi connectivity index (χ2n) is 7.43.